The number of hydrogen-bond acceptors (Lipinski definition) is 3. The summed E-state index contributed by atoms with van der Waals surface area (Å²) in [4.78, 5) is 11.6. The molecular formula is C17H19NO2. The smallest absolute Gasteiger partial charge is 0.162 e. The summed E-state index contributed by atoms with van der Waals surface area (Å²) in [5.41, 5.74) is 9.36. The first-order valence-corrected chi connectivity index (χ1v) is 6.71. The molecule has 2 rings (SSSR count). The van der Waals surface area contributed by atoms with Gasteiger partial charge in [0.15, 0.2) is 5.78 Å². The molecule has 0 aromatic heterocycles. The lowest BCUT2D eigenvalue weighted by Crippen LogP contribution is -2.02. The molecule has 0 aliphatic rings. The van der Waals surface area contributed by atoms with Crippen molar-refractivity contribution in [3.8, 4) is 5.75 Å². The molecule has 0 saturated heterocycles. The van der Waals surface area contributed by atoms with Crippen LogP contribution in [0.3, 0.4) is 0 Å². The number of ketones is 1. The van der Waals surface area contributed by atoms with Crippen LogP contribution in [-0.2, 0) is 6.61 Å². The summed E-state index contributed by atoms with van der Waals surface area (Å²) >= 11 is 0. The number of carbonyl (C=O) groups excluding carboxylic acids is 1. The number of nitrogens with two attached hydrogens (primary N) is 1. The van der Waals surface area contributed by atoms with Gasteiger partial charge in [0.2, 0.25) is 0 Å². The zero-order valence-electron chi connectivity index (χ0n) is 11.8. The van der Waals surface area contributed by atoms with Crippen LogP contribution >= 0.6 is 0 Å². The summed E-state index contributed by atoms with van der Waals surface area (Å²) in [5.74, 6) is 0.694. The highest BCUT2D eigenvalue weighted by Gasteiger charge is 2.07. The summed E-state index contributed by atoms with van der Waals surface area (Å²) in [7, 11) is 0. The van der Waals surface area contributed by atoms with E-state index in [9.17, 15) is 4.79 Å². The molecule has 0 bridgehead atoms. The maximum atomic E-state index is 11.6. The summed E-state index contributed by atoms with van der Waals surface area (Å²) in [6, 6.07) is 13.3. The SMILES string of the molecule is CCC(=O)c1ccc(OCc2ccc(C)cc2)c(N)c1. The quantitative estimate of drug-likeness (QED) is 0.664. The van der Waals surface area contributed by atoms with Crippen LogP contribution in [0.1, 0.15) is 34.8 Å². The third kappa shape index (κ3) is 3.38. The fourth-order valence-corrected chi connectivity index (χ4v) is 1.90. The average Bonchev–Trinajstić information content (AvgIpc) is 2.46. The first-order chi connectivity index (χ1) is 9.60. The van der Waals surface area contributed by atoms with Crippen molar-refractivity contribution in [2.75, 3.05) is 5.73 Å². The Morgan fingerprint density at radius 2 is 1.85 bits per heavy atom. The third-order valence-corrected chi connectivity index (χ3v) is 3.17. The Hall–Kier alpha value is -2.29. The Morgan fingerprint density at radius 3 is 2.45 bits per heavy atom. The number of benzene rings is 2. The molecule has 0 heterocycles. The maximum Gasteiger partial charge on any atom is 0.162 e. The molecule has 104 valence electrons. The number of Topliss-reactive ketones (excluding diaryl/α,β-unsaturated/α-hetero) is 1. The minimum absolute atomic E-state index is 0.0850. The van der Waals surface area contributed by atoms with Gasteiger partial charge in [0.05, 0.1) is 5.69 Å². The molecule has 0 atom stereocenters. The summed E-state index contributed by atoms with van der Waals surface area (Å²) in [5, 5.41) is 0. The molecule has 0 fully saturated rings. The van der Waals surface area contributed by atoms with E-state index in [0.717, 1.165) is 5.56 Å². The number of aryl methyl sites for hydroxylation is 1. The first-order valence-electron chi connectivity index (χ1n) is 6.71. The Balaban J connectivity index is 2.06. The highest BCUT2D eigenvalue weighted by atomic mass is 16.5. The molecule has 0 aliphatic heterocycles. The molecule has 3 heteroatoms. The van der Waals surface area contributed by atoms with Gasteiger partial charge in [-0.1, -0.05) is 36.8 Å². The van der Waals surface area contributed by atoms with E-state index in [-0.39, 0.29) is 5.78 Å². The Bertz CT molecular complexity index is 603. The van der Waals surface area contributed by atoms with Gasteiger partial charge in [-0.3, -0.25) is 4.79 Å². The van der Waals surface area contributed by atoms with Gasteiger partial charge in [0.1, 0.15) is 12.4 Å². The second-order valence-corrected chi connectivity index (χ2v) is 4.80. The van der Waals surface area contributed by atoms with Crippen molar-refractivity contribution in [1.82, 2.24) is 0 Å². The van der Waals surface area contributed by atoms with E-state index >= 15 is 0 Å². The molecule has 0 radical (unpaired) electrons. The lowest BCUT2D eigenvalue weighted by molar-refractivity contribution is 0.0988. The van der Waals surface area contributed by atoms with Crippen LogP contribution in [0.2, 0.25) is 0 Å². The Morgan fingerprint density at radius 1 is 1.15 bits per heavy atom. The number of ether oxygens (including phenoxy) is 1. The number of rotatable bonds is 5. The topological polar surface area (TPSA) is 52.3 Å². The number of hydrogen-bond donors (Lipinski definition) is 1. The lowest BCUT2D eigenvalue weighted by Gasteiger charge is -2.10. The second-order valence-electron chi connectivity index (χ2n) is 4.80. The number of nitrogen functional groups attached to an aromatic ring is 1. The monoisotopic (exact) mass is 269 g/mol. The van der Waals surface area contributed by atoms with Crippen molar-refractivity contribution < 1.29 is 9.53 Å². The van der Waals surface area contributed by atoms with E-state index < -0.39 is 0 Å². The zero-order valence-corrected chi connectivity index (χ0v) is 11.8. The van der Waals surface area contributed by atoms with Gasteiger partial charge >= 0.3 is 0 Å². The van der Waals surface area contributed by atoms with Crippen LogP contribution < -0.4 is 10.5 Å². The van der Waals surface area contributed by atoms with Crippen molar-refractivity contribution in [2.24, 2.45) is 0 Å². The Kier molecular flexibility index (Phi) is 4.41. The van der Waals surface area contributed by atoms with Crippen molar-refractivity contribution in [1.29, 1.82) is 0 Å². The van der Waals surface area contributed by atoms with Crippen LogP contribution in [0.4, 0.5) is 5.69 Å². The van der Waals surface area contributed by atoms with Gasteiger partial charge in [-0.15, -0.1) is 0 Å². The molecule has 20 heavy (non-hydrogen) atoms. The molecule has 0 spiro atoms. The first kappa shape index (κ1) is 14.1. The van der Waals surface area contributed by atoms with E-state index in [4.69, 9.17) is 10.5 Å². The Labute approximate surface area is 119 Å². The van der Waals surface area contributed by atoms with Crippen LogP contribution in [0.5, 0.6) is 5.75 Å². The number of carbonyl (C=O) groups is 1. The van der Waals surface area contributed by atoms with Crippen molar-refractivity contribution in [3.05, 3.63) is 59.2 Å². The molecule has 0 aliphatic carbocycles. The van der Waals surface area contributed by atoms with Gasteiger partial charge in [-0.25, -0.2) is 0 Å². The van der Waals surface area contributed by atoms with Crippen LogP contribution in [0.25, 0.3) is 0 Å². The van der Waals surface area contributed by atoms with Crippen LogP contribution in [-0.4, -0.2) is 5.78 Å². The van der Waals surface area contributed by atoms with Crippen LogP contribution in [0.15, 0.2) is 42.5 Å². The van der Waals surface area contributed by atoms with Gasteiger partial charge < -0.3 is 10.5 Å². The molecule has 3 nitrogen and oxygen atoms in total. The largest absolute Gasteiger partial charge is 0.487 e. The van der Waals surface area contributed by atoms with E-state index in [1.165, 1.54) is 5.56 Å². The van der Waals surface area contributed by atoms with Crippen molar-refractivity contribution in [3.63, 3.8) is 0 Å². The van der Waals surface area contributed by atoms with Gasteiger partial charge in [-0.05, 0) is 30.7 Å². The van der Waals surface area contributed by atoms with Gasteiger partial charge in [0, 0.05) is 12.0 Å². The summed E-state index contributed by atoms with van der Waals surface area (Å²) in [6.45, 7) is 4.35. The zero-order chi connectivity index (χ0) is 14.5. The standard InChI is InChI=1S/C17H19NO2/c1-3-16(19)14-8-9-17(15(18)10-14)20-11-13-6-4-12(2)5-7-13/h4-10H,3,11,18H2,1-2H3. The summed E-state index contributed by atoms with van der Waals surface area (Å²) in [6.07, 6.45) is 0.475. The predicted octanol–water partition coefficient (Wildman–Crippen LogP) is 3.75. The van der Waals surface area contributed by atoms with Crippen molar-refractivity contribution in [2.45, 2.75) is 26.9 Å². The fraction of sp³-hybridized carbons (Fsp3) is 0.235. The molecule has 2 N–H and O–H groups in total. The molecule has 2 aromatic carbocycles. The average molecular weight is 269 g/mol. The minimum Gasteiger partial charge on any atom is -0.487 e. The fourth-order valence-electron chi connectivity index (χ4n) is 1.90. The van der Waals surface area contributed by atoms with E-state index in [1.54, 1.807) is 18.2 Å². The number of anilines is 1. The maximum absolute atomic E-state index is 11.6. The lowest BCUT2D eigenvalue weighted by atomic mass is 10.1. The summed E-state index contributed by atoms with van der Waals surface area (Å²) < 4.78 is 5.69. The highest BCUT2D eigenvalue weighted by Crippen LogP contribution is 2.24. The van der Waals surface area contributed by atoms with Gasteiger partial charge in [0.25, 0.3) is 0 Å². The molecule has 0 amide bonds. The normalized spacial score (nSPS) is 10.3. The van der Waals surface area contributed by atoms with E-state index in [0.29, 0.717) is 30.0 Å². The predicted molar refractivity (Wildman–Crippen MR) is 81.0 cm³/mol. The molecule has 2 aromatic rings. The van der Waals surface area contributed by atoms with Crippen molar-refractivity contribution >= 4 is 11.5 Å². The molecule has 0 unspecified atom stereocenters. The minimum atomic E-state index is 0.0850. The van der Waals surface area contributed by atoms with E-state index in [1.807, 2.05) is 38.1 Å². The van der Waals surface area contributed by atoms with E-state index in [2.05, 4.69) is 0 Å². The molecule has 0 saturated carbocycles. The second kappa shape index (κ2) is 6.24. The third-order valence-electron chi connectivity index (χ3n) is 3.17. The van der Waals surface area contributed by atoms with Crippen LogP contribution in [0, 0.1) is 6.92 Å². The molecular weight excluding hydrogens is 250 g/mol. The highest BCUT2D eigenvalue weighted by molar-refractivity contribution is 5.97. The van der Waals surface area contributed by atoms with Gasteiger partial charge in [-0.2, -0.15) is 0 Å².